The van der Waals surface area contributed by atoms with Crippen LogP contribution >= 0.6 is 0 Å². The van der Waals surface area contributed by atoms with Gasteiger partial charge in [0, 0.05) is 37.4 Å². The minimum atomic E-state index is -0.506. The molecule has 1 saturated heterocycles. The fourth-order valence-electron chi connectivity index (χ4n) is 3.84. The van der Waals surface area contributed by atoms with E-state index < -0.39 is 5.91 Å². The van der Waals surface area contributed by atoms with Crippen molar-refractivity contribution in [3.05, 3.63) is 65.9 Å². The number of carbonyl (C=O) groups is 1. The number of pyridine rings is 1. The molecule has 4 rings (SSSR count). The molecule has 1 aliphatic heterocycles. The Morgan fingerprint density at radius 3 is 2.63 bits per heavy atom. The van der Waals surface area contributed by atoms with Crippen molar-refractivity contribution < 1.29 is 14.3 Å². The molecule has 1 amide bonds. The summed E-state index contributed by atoms with van der Waals surface area (Å²) in [6.45, 7) is 3.62. The third kappa shape index (κ3) is 4.96. The molecule has 0 spiro atoms. The number of nitrogens with zero attached hydrogens (tertiary/aromatic N) is 1. The second-order valence-electron chi connectivity index (χ2n) is 7.64. The summed E-state index contributed by atoms with van der Waals surface area (Å²) in [6, 6.07) is 15.5. The van der Waals surface area contributed by atoms with Gasteiger partial charge in [0.15, 0.2) is 0 Å². The molecule has 6 nitrogen and oxygen atoms in total. The molecule has 0 aliphatic carbocycles. The summed E-state index contributed by atoms with van der Waals surface area (Å²) < 4.78 is 11.4. The molecule has 30 heavy (non-hydrogen) atoms. The summed E-state index contributed by atoms with van der Waals surface area (Å²) in [5.74, 6) is 1.42. The van der Waals surface area contributed by atoms with Gasteiger partial charge >= 0.3 is 0 Å². The predicted molar refractivity (Wildman–Crippen MR) is 117 cm³/mol. The first kappa shape index (κ1) is 20.3. The molecular weight excluding hydrogens is 378 g/mol. The number of nitrogens with two attached hydrogens (primary N) is 1. The maximum absolute atomic E-state index is 11.2. The summed E-state index contributed by atoms with van der Waals surface area (Å²) in [5, 5.41) is 5.77. The van der Waals surface area contributed by atoms with Crippen molar-refractivity contribution in [1.82, 2.24) is 10.3 Å². The lowest BCUT2D eigenvalue weighted by molar-refractivity contribution is 0.0639. The molecule has 0 atom stereocenters. The molecule has 2 aromatic carbocycles. The molecule has 0 unspecified atom stereocenters. The number of nitrogens with one attached hydrogen (secondary N) is 1. The van der Waals surface area contributed by atoms with Crippen LogP contribution < -0.4 is 15.8 Å². The van der Waals surface area contributed by atoms with E-state index >= 15 is 0 Å². The van der Waals surface area contributed by atoms with E-state index in [-0.39, 0.29) is 0 Å². The quantitative estimate of drug-likeness (QED) is 0.553. The van der Waals surface area contributed by atoms with Crippen LogP contribution in [0.3, 0.4) is 0 Å². The number of fused-ring (bicyclic) bond motifs is 1. The Hall–Kier alpha value is -2.96. The first-order valence-electron chi connectivity index (χ1n) is 10.4. The van der Waals surface area contributed by atoms with E-state index in [4.69, 9.17) is 15.2 Å². The predicted octanol–water partition coefficient (Wildman–Crippen LogP) is 4.03. The average molecular weight is 405 g/mol. The summed E-state index contributed by atoms with van der Waals surface area (Å²) in [4.78, 5) is 15.4. The lowest BCUT2D eigenvalue weighted by atomic mass is 9.96. The molecule has 0 bridgehead atoms. The molecular formula is C24H27N3O3. The topological polar surface area (TPSA) is 86.5 Å². The second kappa shape index (κ2) is 9.69. The van der Waals surface area contributed by atoms with Gasteiger partial charge < -0.3 is 20.5 Å². The van der Waals surface area contributed by atoms with Gasteiger partial charge in [-0.3, -0.25) is 4.79 Å². The summed E-state index contributed by atoms with van der Waals surface area (Å²) in [5.41, 5.74) is 6.86. The Labute approximate surface area is 176 Å². The van der Waals surface area contributed by atoms with Crippen LogP contribution in [0, 0.1) is 5.92 Å². The van der Waals surface area contributed by atoms with Crippen LogP contribution in [0.5, 0.6) is 11.6 Å². The van der Waals surface area contributed by atoms with Crippen LogP contribution in [0.4, 0.5) is 0 Å². The van der Waals surface area contributed by atoms with Gasteiger partial charge in [-0.2, -0.15) is 0 Å². The fraction of sp³-hybridized carbons (Fsp3) is 0.333. The van der Waals surface area contributed by atoms with Gasteiger partial charge in [-0.05, 0) is 54.8 Å². The molecule has 0 radical (unpaired) electrons. The minimum absolute atomic E-state index is 0.356. The van der Waals surface area contributed by atoms with Crippen LogP contribution in [0.25, 0.3) is 10.8 Å². The number of primary amides is 1. The van der Waals surface area contributed by atoms with Gasteiger partial charge in [0.05, 0.1) is 5.56 Å². The molecule has 0 saturated carbocycles. The molecule has 1 fully saturated rings. The van der Waals surface area contributed by atoms with Crippen molar-refractivity contribution in [2.24, 2.45) is 11.7 Å². The zero-order valence-electron chi connectivity index (χ0n) is 17.0. The van der Waals surface area contributed by atoms with E-state index in [1.54, 1.807) is 12.1 Å². The van der Waals surface area contributed by atoms with Gasteiger partial charge in [0.2, 0.25) is 11.8 Å². The van der Waals surface area contributed by atoms with Gasteiger partial charge in [0.25, 0.3) is 0 Å². The van der Waals surface area contributed by atoms with Gasteiger partial charge in [0.1, 0.15) is 5.75 Å². The van der Waals surface area contributed by atoms with E-state index in [9.17, 15) is 4.79 Å². The third-order valence-corrected chi connectivity index (χ3v) is 5.60. The number of amides is 1. The number of ether oxygens (including phenoxy) is 2. The van der Waals surface area contributed by atoms with Crippen molar-refractivity contribution in [2.75, 3.05) is 19.8 Å². The van der Waals surface area contributed by atoms with Crippen LogP contribution in [-0.4, -0.2) is 30.6 Å². The molecule has 6 heteroatoms. The SMILES string of the molecule is NC(=O)c1ccc(Oc2ccc(CNCCC3CCOCC3)c3ccccc23)nc1. The Morgan fingerprint density at radius 1 is 1.10 bits per heavy atom. The zero-order valence-corrected chi connectivity index (χ0v) is 17.0. The fourth-order valence-corrected chi connectivity index (χ4v) is 3.84. The Morgan fingerprint density at radius 2 is 1.90 bits per heavy atom. The van der Waals surface area contributed by atoms with E-state index in [2.05, 4.69) is 22.4 Å². The molecule has 3 aromatic rings. The number of hydrogen-bond donors (Lipinski definition) is 2. The minimum Gasteiger partial charge on any atom is -0.438 e. The van der Waals surface area contributed by atoms with Crippen molar-refractivity contribution in [3.63, 3.8) is 0 Å². The van der Waals surface area contributed by atoms with Crippen molar-refractivity contribution in [1.29, 1.82) is 0 Å². The highest BCUT2D eigenvalue weighted by Crippen LogP contribution is 2.31. The standard InChI is InChI=1S/C24H27N3O3/c25-24(28)19-6-8-23(27-16-19)30-22-7-5-18(20-3-1-2-4-21(20)22)15-26-12-9-17-10-13-29-14-11-17/h1-8,16-17,26H,9-15H2,(H2,25,28). The van der Waals surface area contributed by atoms with E-state index in [1.807, 2.05) is 24.3 Å². The number of carbonyl (C=O) groups excluding carboxylic acids is 1. The highest BCUT2D eigenvalue weighted by molar-refractivity contribution is 5.92. The van der Waals surface area contributed by atoms with E-state index in [1.165, 1.54) is 31.0 Å². The molecule has 3 N–H and O–H groups in total. The van der Waals surface area contributed by atoms with Crippen molar-refractivity contribution in [3.8, 4) is 11.6 Å². The van der Waals surface area contributed by atoms with E-state index in [0.717, 1.165) is 48.7 Å². The van der Waals surface area contributed by atoms with E-state index in [0.29, 0.717) is 11.4 Å². The second-order valence-corrected chi connectivity index (χ2v) is 7.64. The number of aromatic nitrogens is 1. The smallest absolute Gasteiger partial charge is 0.250 e. The first-order chi connectivity index (χ1) is 14.7. The maximum atomic E-state index is 11.2. The zero-order chi connectivity index (χ0) is 20.8. The van der Waals surface area contributed by atoms with Crippen molar-refractivity contribution in [2.45, 2.75) is 25.8 Å². The maximum Gasteiger partial charge on any atom is 0.250 e. The summed E-state index contributed by atoms with van der Waals surface area (Å²) >= 11 is 0. The van der Waals surface area contributed by atoms with Crippen LogP contribution in [0.1, 0.15) is 35.2 Å². The first-order valence-corrected chi connectivity index (χ1v) is 10.4. The Bertz CT molecular complexity index is 998. The third-order valence-electron chi connectivity index (χ3n) is 5.60. The normalized spacial score (nSPS) is 14.7. The highest BCUT2D eigenvalue weighted by Gasteiger charge is 2.13. The molecule has 1 aromatic heterocycles. The van der Waals surface area contributed by atoms with Gasteiger partial charge in [-0.1, -0.05) is 30.3 Å². The summed E-state index contributed by atoms with van der Waals surface area (Å²) in [6.07, 6.45) is 4.96. The Balaban J connectivity index is 1.43. The Kier molecular flexibility index (Phi) is 6.57. The number of benzene rings is 2. The summed E-state index contributed by atoms with van der Waals surface area (Å²) in [7, 11) is 0. The van der Waals surface area contributed by atoms with Gasteiger partial charge in [-0.15, -0.1) is 0 Å². The van der Waals surface area contributed by atoms with Crippen LogP contribution in [-0.2, 0) is 11.3 Å². The largest absolute Gasteiger partial charge is 0.438 e. The molecule has 1 aliphatic rings. The molecule has 156 valence electrons. The monoisotopic (exact) mass is 405 g/mol. The van der Waals surface area contributed by atoms with Crippen molar-refractivity contribution >= 4 is 16.7 Å². The number of rotatable bonds is 8. The van der Waals surface area contributed by atoms with Crippen LogP contribution in [0.2, 0.25) is 0 Å². The average Bonchev–Trinajstić information content (AvgIpc) is 2.79. The molecule has 2 heterocycles. The lowest BCUT2D eigenvalue weighted by Gasteiger charge is -2.22. The highest BCUT2D eigenvalue weighted by atomic mass is 16.5. The van der Waals surface area contributed by atoms with Gasteiger partial charge in [-0.25, -0.2) is 4.98 Å². The van der Waals surface area contributed by atoms with Crippen LogP contribution in [0.15, 0.2) is 54.7 Å². The lowest BCUT2D eigenvalue weighted by Crippen LogP contribution is -2.22. The number of hydrogen-bond acceptors (Lipinski definition) is 5.